The molecule has 0 radical (unpaired) electrons. The third-order valence-electron chi connectivity index (χ3n) is 5.48. The molecule has 3 heteroatoms. The molecule has 0 aliphatic carbocycles. The van der Waals surface area contributed by atoms with Gasteiger partial charge in [0, 0.05) is 19.2 Å². The fourth-order valence-corrected chi connectivity index (χ4v) is 3.23. The summed E-state index contributed by atoms with van der Waals surface area (Å²) in [6.07, 6.45) is 2.28. The Morgan fingerprint density at radius 3 is 2.50 bits per heavy atom. The van der Waals surface area contributed by atoms with E-state index in [2.05, 4.69) is 25.7 Å². The molecule has 1 fully saturated rings. The number of anilines is 1. The number of benzene rings is 1. The van der Waals surface area contributed by atoms with Crippen molar-refractivity contribution in [2.24, 2.45) is 11.3 Å². The minimum Gasteiger partial charge on any atom is -0.440 e. The van der Waals surface area contributed by atoms with E-state index >= 15 is 0 Å². The maximum atomic E-state index is 12.3. The molecule has 2 aromatic rings. The average molecular weight is 299 g/mol. The highest BCUT2D eigenvalue weighted by Crippen LogP contribution is 2.39. The van der Waals surface area contributed by atoms with Crippen LogP contribution in [0.4, 0.5) is 5.88 Å². The van der Waals surface area contributed by atoms with Crippen LogP contribution in [0.1, 0.15) is 39.2 Å². The van der Waals surface area contributed by atoms with Crippen molar-refractivity contribution in [2.45, 2.75) is 40.5 Å². The molecule has 1 aromatic heterocycles. The van der Waals surface area contributed by atoms with Crippen LogP contribution in [0.5, 0.6) is 0 Å². The SMILES string of the molecule is Cc1ccc2oc(N3CCC(C)(C(C)C)CC3)cc(=O)c2c1. The van der Waals surface area contributed by atoms with Gasteiger partial charge in [-0.15, -0.1) is 0 Å². The topological polar surface area (TPSA) is 33.5 Å². The number of hydrogen-bond donors (Lipinski definition) is 0. The van der Waals surface area contributed by atoms with Gasteiger partial charge < -0.3 is 9.32 Å². The molecule has 22 heavy (non-hydrogen) atoms. The van der Waals surface area contributed by atoms with Gasteiger partial charge in [-0.05, 0) is 43.2 Å². The smallest absolute Gasteiger partial charge is 0.199 e. The van der Waals surface area contributed by atoms with Gasteiger partial charge in [-0.25, -0.2) is 0 Å². The number of aryl methyl sites for hydroxylation is 1. The fraction of sp³-hybridized carbons (Fsp3) is 0.526. The first-order valence-corrected chi connectivity index (χ1v) is 8.18. The lowest BCUT2D eigenvalue weighted by Gasteiger charge is -2.42. The number of nitrogens with zero attached hydrogens (tertiary/aromatic N) is 1. The summed E-state index contributed by atoms with van der Waals surface area (Å²) in [5.74, 6) is 1.40. The predicted octanol–water partition coefficient (Wildman–Crippen LogP) is 4.36. The van der Waals surface area contributed by atoms with E-state index in [-0.39, 0.29) is 5.43 Å². The van der Waals surface area contributed by atoms with Crippen LogP contribution in [0.25, 0.3) is 11.0 Å². The van der Waals surface area contributed by atoms with Crippen LogP contribution >= 0.6 is 0 Å². The molecule has 0 bridgehead atoms. The van der Waals surface area contributed by atoms with Gasteiger partial charge in [0.1, 0.15) is 5.58 Å². The highest BCUT2D eigenvalue weighted by molar-refractivity contribution is 5.78. The number of hydrogen-bond acceptors (Lipinski definition) is 3. The fourth-order valence-electron chi connectivity index (χ4n) is 3.23. The van der Waals surface area contributed by atoms with Gasteiger partial charge >= 0.3 is 0 Å². The quantitative estimate of drug-likeness (QED) is 0.826. The molecule has 1 aliphatic rings. The van der Waals surface area contributed by atoms with E-state index in [9.17, 15) is 4.79 Å². The van der Waals surface area contributed by atoms with Crippen molar-refractivity contribution in [3.63, 3.8) is 0 Å². The molecule has 1 aliphatic heterocycles. The zero-order valence-electron chi connectivity index (χ0n) is 14.0. The summed E-state index contributed by atoms with van der Waals surface area (Å²) in [5.41, 5.74) is 2.21. The first kappa shape index (κ1) is 15.1. The molecule has 118 valence electrons. The Balaban J connectivity index is 1.89. The average Bonchev–Trinajstić information content (AvgIpc) is 2.48. The van der Waals surface area contributed by atoms with Crippen molar-refractivity contribution in [1.82, 2.24) is 0 Å². The van der Waals surface area contributed by atoms with E-state index in [4.69, 9.17) is 4.42 Å². The summed E-state index contributed by atoms with van der Waals surface area (Å²) in [5, 5.41) is 0.674. The van der Waals surface area contributed by atoms with E-state index in [1.807, 2.05) is 25.1 Å². The molecule has 0 unspecified atom stereocenters. The second-order valence-electron chi connectivity index (χ2n) is 7.24. The van der Waals surface area contributed by atoms with Crippen molar-refractivity contribution in [1.29, 1.82) is 0 Å². The molecule has 1 saturated heterocycles. The molecule has 3 nitrogen and oxygen atoms in total. The van der Waals surface area contributed by atoms with Crippen LogP contribution in [0.15, 0.2) is 33.5 Å². The Hall–Kier alpha value is -1.77. The highest BCUT2D eigenvalue weighted by atomic mass is 16.4. The van der Waals surface area contributed by atoms with Gasteiger partial charge in [-0.2, -0.15) is 0 Å². The molecule has 0 atom stereocenters. The van der Waals surface area contributed by atoms with Crippen molar-refractivity contribution in [3.05, 3.63) is 40.1 Å². The zero-order valence-corrected chi connectivity index (χ0v) is 14.0. The minimum absolute atomic E-state index is 0.0529. The molecule has 3 rings (SSSR count). The lowest BCUT2D eigenvalue weighted by Crippen LogP contribution is -2.41. The van der Waals surface area contributed by atoms with Crippen LogP contribution < -0.4 is 10.3 Å². The maximum absolute atomic E-state index is 12.3. The van der Waals surface area contributed by atoms with Gasteiger partial charge in [-0.1, -0.05) is 32.4 Å². The third kappa shape index (κ3) is 2.65. The molecule has 0 saturated carbocycles. The summed E-state index contributed by atoms with van der Waals surface area (Å²) in [6.45, 7) is 10.9. The van der Waals surface area contributed by atoms with Crippen LogP contribution in [0.2, 0.25) is 0 Å². The number of piperidine rings is 1. The van der Waals surface area contributed by atoms with Gasteiger partial charge in [0.05, 0.1) is 5.39 Å². The second-order valence-corrected chi connectivity index (χ2v) is 7.24. The molecule has 0 spiro atoms. The van der Waals surface area contributed by atoms with Crippen LogP contribution in [0.3, 0.4) is 0 Å². The normalized spacial score (nSPS) is 18.1. The number of fused-ring (bicyclic) bond motifs is 1. The number of rotatable bonds is 2. The molecular formula is C19H25NO2. The largest absolute Gasteiger partial charge is 0.440 e. The Morgan fingerprint density at radius 1 is 1.18 bits per heavy atom. The molecule has 2 heterocycles. The Bertz CT molecular complexity index is 737. The van der Waals surface area contributed by atoms with Gasteiger partial charge in [0.15, 0.2) is 11.3 Å². The highest BCUT2D eigenvalue weighted by Gasteiger charge is 2.33. The summed E-state index contributed by atoms with van der Waals surface area (Å²) in [4.78, 5) is 14.6. The molecule has 0 amide bonds. The summed E-state index contributed by atoms with van der Waals surface area (Å²) in [6, 6.07) is 7.44. The van der Waals surface area contributed by atoms with Gasteiger partial charge in [-0.3, -0.25) is 4.79 Å². The van der Waals surface area contributed by atoms with Crippen molar-refractivity contribution < 1.29 is 4.42 Å². The molecule has 0 N–H and O–H groups in total. The standard InChI is InChI=1S/C19H25NO2/c1-13(2)19(4)7-9-20(10-8-19)18-12-16(21)15-11-14(3)5-6-17(15)22-18/h5-6,11-13H,7-10H2,1-4H3. The van der Waals surface area contributed by atoms with Crippen LogP contribution in [-0.2, 0) is 0 Å². The van der Waals surface area contributed by atoms with E-state index < -0.39 is 0 Å². The maximum Gasteiger partial charge on any atom is 0.199 e. The molecular weight excluding hydrogens is 274 g/mol. The summed E-state index contributed by atoms with van der Waals surface area (Å²) < 4.78 is 5.99. The first-order chi connectivity index (χ1) is 10.4. The van der Waals surface area contributed by atoms with Crippen molar-refractivity contribution in [3.8, 4) is 0 Å². The Labute approximate surface area is 131 Å². The Morgan fingerprint density at radius 2 is 1.86 bits per heavy atom. The van der Waals surface area contributed by atoms with E-state index in [1.165, 1.54) is 0 Å². The zero-order chi connectivity index (χ0) is 15.9. The van der Waals surface area contributed by atoms with Crippen molar-refractivity contribution >= 4 is 16.9 Å². The van der Waals surface area contributed by atoms with Crippen LogP contribution in [0, 0.1) is 18.3 Å². The lowest BCUT2D eigenvalue weighted by molar-refractivity contribution is 0.164. The third-order valence-corrected chi connectivity index (χ3v) is 5.48. The van der Waals surface area contributed by atoms with E-state index in [0.29, 0.717) is 28.2 Å². The van der Waals surface area contributed by atoms with E-state index in [1.54, 1.807) is 6.07 Å². The Kier molecular flexibility index (Phi) is 3.75. The summed E-state index contributed by atoms with van der Waals surface area (Å²) in [7, 11) is 0. The predicted molar refractivity (Wildman–Crippen MR) is 91.6 cm³/mol. The minimum atomic E-state index is 0.0529. The van der Waals surface area contributed by atoms with Gasteiger partial charge in [0.2, 0.25) is 0 Å². The molecule has 1 aromatic carbocycles. The van der Waals surface area contributed by atoms with Crippen LogP contribution in [-0.4, -0.2) is 13.1 Å². The first-order valence-electron chi connectivity index (χ1n) is 8.18. The second kappa shape index (κ2) is 5.45. The monoisotopic (exact) mass is 299 g/mol. The van der Waals surface area contributed by atoms with Gasteiger partial charge in [0.25, 0.3) is 0 Å². The lowest BCUT2D eigenvalue weighted by atomic mass is 9.72. The summed E-state index contributed by atoms with van der Waals surface area (Å²) >= 11 is 0. The van der Waals surface area contributed by atoms with E-state index in [0.717, 1.165) is 31.5 Å². The van der Waals surface area contributed by atoms with Crippen molar-refractivity contribution in [2.75, 3.05) is 18.0 Å².